The van der Waals surface area contributed by atoms with Crippen molar-refractivity contribution in [2.24, 2.45) is 11.3 Å². The largest absolute Gasteiger partial charge is 0.343 e. The molecule has 3 amide bonds. The minimum atomic E-state index is -0.542. The van der Waals surface area contributed by atoms with Gasteiger partial charge in [-0.1, -0.05) is 39.0 Å². The molecule has 3 rings (SSSR count). The van der Waals surface area contributed by atoms with Gasteiger partial charge in [-0.25, -0.2) is 0 Å². The second-order valence-electron chi connectivity index (χ2n) is 10.6. The van der Waals surface area contributed by atoms with E-state index in [1.54, 1.807) is 6.07 Å². The van der Waals surface area contributed by atoms with Crippen LogP contribution in [-0.4, -0.2) is 59.7 Å². The highest BCUT2D eigenvalue weighted by Gasteiger charge is 2.37. The highest BCUT2D eigenvalue weighted by atomic mass is 16.2. The van der Waals surface area contributed by atoms with Gasteiger partial charge >= 0.3 is 0 Å². The smallest absolute Gasteiger partial charge is 0.252 e. The molecule has 1 aromatic rings. The van der Waals surface area contributed by atoms with Gasteiger partial charge < -0.3 is 15.1 Å². The van der Waals surface area contributed by atoms with Crippen LogP contribution < -0.4 is 5.32 Å². The maximum absolute atomic E-state index is 13.5. The maximum atomic E-state index is 13.5. The Morgan fingerprint density at radius 2 is 1.59 bits per heavy atom. The van der Waals surface area contributed by atoms with Crippen molar-refractivity contribution in [1.82, 2.24) is 15.1 Å². The lowest BCUT2D eigenvalue weighted by molar-refractivity contribution is -0.137. The van der Waals surface area contributed by atoms with E-state index in [2.05, 4.69) is 26.1 Å². The van der Waals surface area contributed by atoms with Gasteiger partial charge in [-0.15, -0.1) is 0 Å². The summed E-state index contributed by atoms with van der Waals surface area (Å²) in [5.74, 6) is 0.0608. The predicted molar refractivity (Wildman–Crippen MR) is 126 cm³/mol. The van der Waals surface area contributed by atoms with Gasteiger partial charge in [0.25, 0.3) is 5.91 Å². The minimum absolute atomic E-state index is 0.0334. The highest BCUT2D eigenvalue weighted by Crippen LogP contribution is 2.26. The number of rotatable bonds is 5. The summed E-state index contributed by atoms with van der Waals surface area (Å²) in [6.07, 6.45) is 5.17. The van der Waals surface area contributed by atoms with E-state index >= 15 is 0 Å². The standard InChI is InChI=1S/C26H39N3O3/c1-19-10-6-7-11-21(19)24(31)27-23(25(32)29-14-8-5-9-15-29)20-12-16-28(17-13-20)22(30)18-26(2,3)4/h6-7,10-11,20,23H,5,8-9,12-18H2,1-4H3,(H,27,31)/t23-/m0/s1. The number of likely N-dealkylation sites (tertiary alicyclic amines) is 2. The Bertz CT molecular complexity index is 816. The van der Waals surface area contributed by atoms with Crippen molar-refractivity contribution in [3.8, 4) is 0 Å². The normalized spacial score (nSPS) is 18.9. The molecule has 1 N–H and O–H groups in total. The van der Waals surface area contributed by atoms with Crippen molar-refractivity contribution >= 4 is 17.7 Å². The van der Waals surface area contributed by atoms with Gasteiger partial charge in [0.1, 0.15) is 6.04 Å². The molecule has 0 unspecified atom stereocenters. The molecule has 2 aliphatic heterocycles. The lowest BCUT2D eigenvalue weighted by atomic mass is 9.86. The van der Waals surface area contributed by atoms with Crippen LogP contribution in [0.2, 0.25) is 0 Å². The van der Waals surface area contributed by atoms with E-state index in [1.165, 1.54) is 0 Å². The number of piperidine rings is 2. The summed E-state index contributed by atoms with van der Waals surface area (Å²) in [5, 5.41) is 3.09. The molecule has 1 atom stereocenters. The highest BCUT2D eigenvalue weighted by molar-refractivity contribution is 5.98. The SMILES string of the molecule is Cc1ccccc1C(=O)N[C@H](C(=O)N1CCCCC1)C1CCN(C(=O)CC(C)(C)C)CC1. The first-order valence-electron chi connectivity index (χ1n) is 12.1. The van der Waals surface area contributed by atoms with Crippen LogP contribution in [0.5, 0.6) is 0 Å². The summed E-state index contributed by atoms with van der Waals surface area (Å²) in [7, 11) is 0. The Labute approximate surface area is 192 Å². The van der Waals surface area contributed by atoms with E-state index in [0.717, 1.165) is 50.8 Å². The summed E-state index contributed by atoms with van der Waals surface area (Å²) >= 11 is 0. The van der Waals surface area contributed by atoms with Crippen molar-refractivity contribution in [1.29, 1.82) is 0 Å². The molecule has 2 aliphatic rings. The molecule has 2 fully saturated rings. The molecule has 2 saturated heterocycles. The zero-order valence-electron chi connectivity index (χ0n) is 20.2. The summed E-state index contributed by atoms with van der Waals surface area (Å²) in [6, 6.07) is 6.94. The van der Waals surface area contributed by atoms with Crippen molar-refractivity contribution in [2.75, 3.05) is 26.2 Å². The zero-order chi connectivity index (χ0) is 23.3. The third kappa shape index (κ3) is 6.33. The Balaban J connectivity index is 1.71. The average molecular weight is 442 g/mol. The van der Waals surface area contributed by atoms with Gasteiger partial charge in [-0.3, -0.25) is 14.4 Å². The van der Waals surface area contributed by atoms with Gasteiger partial charge in [-0.2, -0.15) is 0 Å². The Kier molecular flexibility index (Phi) is 7.96. The van der Waals surface area contributed by atoms with Crippen LogP contribution in [0.3, 0.4) is 0 Å². The first-order chi connectivity index (χ1) is 15.2. The summed E-state index contributed by atoms with van der Waals surface area (Å²) in [5.41, 5.74) is 1.47. The van der Waals surface area contributed by atoms with Crippen LogP contribution in [0.4, 0.5) is 0 Å². The third-order valence-corrected chi connectivity index (χ3v) is 6.66. The number of amides is 3. The molecule has 32 heavy (non-hydrogen) atoms. The van der Waals surface area contributed by atoms with Crippen molar-refractivity contribution in [2.45, 2.75) is 72.3 Å². The van der Waals surface area contributed by atoms with E-state index < -0.39 is 6.04 Å². The van der Waals surface area contributed by atoms with Crippen molar-refractivity contribution in [3.05, 3.63) is 35.4 Å². The summed E-state index contributed by atoms with van der Waals surface area (Å²) in [4.78, 5) is 43.1. The lowest BCUT2D eigenvalue weighted by Crippen LogP contribution is -2.55. The molecule has 1 aromatic carbocycles. The van der Waals surface area contributed by atoms with E-state index in [0.29, 0.717) is 25.1 Å². The molecule has 0 aliphatic carbocycles. The van der Waals surface area contributed by atoms with Gasteiger partial charge in [0.2, 0.25) is 11.8 Å². The first-order valence-corrected chi connectivity index (χ1v) is 12.1. The molecule has 0 aromatic heterocycles. The van der Waals surface area contributed by atoms with Gasteiger partial charge in [0.05, 0.1) is 0 Å². The van der Waals surface area contributed by atoms with E-state index in [-0.39, 0.29) is 29.1 Å². The lowest BCUT2D eigenvalue weighted by Gasteiger charge is -2.39. The summed E-state index contributed by atoms with van der Waals surface area (Å²) in [6.45, 7) is 10.9. The number of carbonyl (C=O) groups excluding carboxylic acids is 3. The van der Waals surface area contributed by atoms with Crippen LogP contribution >= 0.6 is 0 Å². The van der Waals surface area contributed by atoms with Crippen LogP contribution in [0.15, 0.2) is 24.3 Å². The van der Waals surface area contributed by atoms with Gasteiger partial charge in [0, 0.05) is 38.2 Å². The number of nitrogens with one attached hydrogen (secondary N) is 1. The molecule has 0 spiro atoms. The first kappa shape index (κ1) is 24.3. The number of hydrogen-bond donors (Lipinski definition) is 1. The quantitative estimate of drug-likeness (QED) is 0.756. The summed E-state index contributed by atoms with van der Waals surface area (Å²) < 4.78 is 0. The number of carbonyl (C=O) groups is 3. The van der Waals surface area contributed by atoms with Crippen LogP contribution in [0.1, 0.15) is 75.2 Å². The van der Waals surface area contributed by atoms with Crippen molar-refractivity contribution < 1.29 is 14.4 Å². The molecule has 0 saturated carbocycles. The number of hydrogen-bond acceptors (Lipinski definition) is 3. The molecule has 0 bridgehead atoms. The fourth-order valence-electron chi connectivity index (χ4n) is 4.79. The predicted octanol–water partition coefficient (Wildman–Crippen LogP) is 3.78. The molecular formula is C26H39N3O3. The minimum Gasteiger partial charge on any atom is -0.343 e. The van der Waals surface area contributed by atoms with Crippen LogP contribution in [-0.2, 0) is 9.59 Å². The topological polar surface area (TPSA) is 69.7 Å². The Morgan fingerprint density at radius 1 is 0.969 bits per heavy atom. The second kappa shape index (κ2) is 10.5. The van der Waals surface area contributed by atoms with Crippen molar-refractivity contribution in [3.63, 3.8) is 0 Å². The van der Waals surface area contributed by atoms with Crippen LogP contribution in [0.25, 0.3) is 0 Å². The molecular weight excluding hydrogens is 402 g/mol. The number of nitrogens with zero attached hydrogens (tertiary/aromatic N) is 2. The average Bonchev–Trinajstić information content (AvgIpc) is 2.77. The maximum Gasteiger partial charge on any atom is 0.252 e. The fourth-order valence-corrected chi connectivity index (χ4v) is 4.79. The Hall–Kier alpha value is -2.37. The fraction of sp³-hybridized carbons (Fsp3) is 0.654. The molecule has 0 radical (unpaired) electrons. The van der Waals surface area contributed by atoms with Gasteiger partial charge in [-0.05, 0) is 62.0 Å². The number of aryl methyl sites for hydroxylation is 1. The monoisotopic (exact) mass is 441 g/mol. The molecule has 2 heterocycles. The van der Waals surface area contributed by atoms with E-state index in [4.69, 9.17) is 0 Å². The zero-order valence-corrected chi connectivity index (χ0v) is 20.2. The molecule has 176 valence electrons. The van der Waals surface area contributed by atoms with Gasteiger partial charge in [0.15, 0.2) is 0 Å². The number of benzene rings is 1. The Morgan fingerprint density at radius 3 is 2.19 bits per heavy atom. The third-order valence-electron chi connectivity index (χ3n) is 6.66. The molecule has 6 nitrogen and oxygen atoms in total. The van der Waals surface area contributed by atoms with Crippen LogP contribution in [0, 0.1) is 18.3 Å². The van der Waals surface area contributed by atoms with E-state index in [1.807, 2.05) is 34.9 Å². The second-order valence-corrected chi connectivity index (χ2v) is 10.6. The molecule has 6 heteroatoms. The van der Waals surface area contributed by atoms with E-state index in [9.17, 15) is 14.4 Å².